The third-order valence-electron chi connectivity index (χ3n) is 6.84. The molecule has 160 valence electrons. The van der Waals surface area contributed by atoms with Crippen molar-refractivity contribution in [3.05, 3.63) is 47.7 Å². The lowest BCUT2D eigenvalue weighted by molar-refractivity contribution is -0.148. The topological polar surface area (TPSA) is 128 Å². The maximum absolute atomic E-state index is 13.5. The van der Waals surface area contributed by atoms with E-state index in [0.29, 0.717) is 36.3 Å². The highest BCUT2D eigenvalue weighted by Crippen LogP contribution is 2.53. The van der Waals surface area contributed by atoms with E-state index < -0.39 is 0 Å². The quantitative estimate of drug-likeness (QED) is 0.717. The van der Waals surface area contributed by atoms with Gasteiger partial charge in [0.2, 0.25) is 11.8 Å². The molecule has 0 spiro atoms. The summed E-state index contributed by atoms with van der Waals surface area (Å²) >= 11 is 0. The molecule has 2 aromatic heterocycles. The van der Waals surface area contributed by atoms with Crippen LogP contribution in [-0.2, 0) is 4.79 Å². The van der Waals surface area contributed by atoms with Crippen molar-refractivity contribution < 1.29 is 9.53 Å². The fourth-order valence-corrected chi connectivity index (χ4v) is 5.05. The van der Waals surface area contributed by atoms with E-state index >= 15 is 0 Å². The van der Waals surface area contributed by atoms with E-state index in [1.807, 2.05) is 6.07 Å². The molecular weight excluding hydrogens is 406 g/mol. The first-order valence-electron chi connectivity index (χ1n) is 10.7. The minimum atomic E-state index is -0.218. The molecule has 0 N–H and O–H groups in total. The Labute approximate surface area is 185 Å². The lowest BCUT2D eigenvalue weighted by atomic mass is 9.55. The third-order valence-corrected chi connectivity index (χ3v) is 6.84. The fraction of sp³-hybridized carbons (Fsp3) is 0.435. The van der Waals surface area contributed by atoms with Gasteiger partial charge < -0.3 is 4.74 Å². The van der Waals surface area contributed by atoms with Crippen LogP contribution in [0.15, 0.2) is 36.0 Å². The smallest absolute Gasteiger partial charge is 0.246 e. The lowest BCUT2D eigenvalue weighted by Gasteiger charge is -2.51. The van der Waals surface area contributed by atoms with Crippen molar-refractivity contribution in [3.8, 4) is 18.0 Å². The number of hydrogen-bond donors (Lipinski definition) is 0. The number of rotatable bonds is 5. The normalized spacial score (nSPS) is 27.8. The molecular formula is C23H21N7O2. The number of hydrazone groups is 1. The van der Waals surface area contributed by atoms with Crippen LogP contribution in [0.1, 0.15) is 48.5 Å². The van der Waals surface area contributed by atoms with E-state index in [9.17, 15) is 10.1 Å². The predicted molar refractivity (Wildman–Crippen MR) is 112 cm³/mol. The molecule has 2 aromatic rings. The van der Waals surface area contributed by atoms with Crippen LogP contribution >= 0.6 is 0 Å². The van der Waals surface area contributed by atoms with Crippen molar-refractivity contribution in [1.82, 2.24) is 20.0 Å². The van der Waals surface area contributed by atoms with Crippen LogP contribution < -0.4 is 4.74 Å². The molecule has 0 saturated heterocycles. The molecule has 3 fully saturated rings. The van der Waals surface area contributed by atoms with Crippen LogP contribution in [-0.4, -0.2) is 38.7 Å². The van der Waals surface area contributed by atoms with Gasteiger partial charge in [0.15, 0.2) is 5.69 Å². The number of ether oxygens (including phenoxy) is 1. The highest BCUT2D eigenvalue weighted by Gasteiger charge is 2.50. The maximum Gasteiger partial charge on any atom is 0.246 e. The van der Waals surface area contributed by atoms with Crippen molar-refractivity contribution in [1.29, 1.82) is 10.5 Å². The van der Waals surface area contributed by atoms with E-state index in [0.717, 1.165) is 24.8 Å². The first kappa shape index (κ1) is 20.1. The minimum absolute atomic E-state index is 0.0393. The Bertz CT molecular complexity index is 1130. The molecule has 1 aliphatic heterocycles. The number of hydrogen-bond acceptors (Lipinski definition) is 8. The summed E-state index contributed by atoms with van der Waals surface area (Å²) in [6.45, 7) is 0.475. The number of carbonyl (C=O) groups excluding carboxylic acids is 1. The molecule has 2 bridgehead atoms. The van der Waals surface area contributed by atoms with Crippen molar-refractivity contribution in [2.75, 3.05) is 6.61 Å². The second kappa shape index (κ2) is 8.35. The zero-order valence-corrected chi connectivity index (χ0v) is 17.3. The van der Waals surface area contributed by atoms with Crippen LogP contribution in [0, 0.1) is 46.3 Å². The van der Waals surface area contributed by atoms with Gasteiger partial charge in [-0.05, 0) is 48.6 Å². The van der Waals surface area contributed by atoms with Gasteiger partial charge in [0.05, 0.1) is 30.6 Å². The Morgan fingerprint density at radius 2 is 1.97 bits per heavy atom. The van der Waals surface area contributed by atoms with Crippen LogP contribution in [0.5, 0.6) is 5.88 Å². The SMILES string of the molecule is N#Cc1cncc(C2CC=NN2C(=O)[C@H]2CC(COc3cnc(C#N)cn3)C3CC2C3)c1. The molecule has 2 unspecified atom stereocenters. The maximum atomic E-state index is 13.5. The van der Waals surface area contributed by atoms with Gasteiger partial charge in [-0.2, -0.15) is 15.6 Å². The van der Waals surface area contributed by atoms with Crippen molar-refractivity contribution in [2.45, 2.75) is 31.7 Å². The molecule has 9 heteroatoms. The zero-order valence-electron chi connectivity index (χ0n) is 17.3. The molecule has 0 radical (unpaired) electrons. The number of carbonyl (C=O) groups is 1. The molecule has 0 aromatic carbocycles. The fourth-order valence-electron chi connectivity index (χ4n) is 5.05. The number of aromatic nitrogens is 3. The Kier molecular flexibility index (Phi) is 5.24. The lowest BCUT2D eigenvalue weighted by Crippen LogP contribution is -2.50. The molecule has 6 rings (SSSR count). The minimum Gasteiger partial charge on any atom is -0.476 e. The van der Waals surface area contributed by atoms with Gasteiger partial charge >= 0.3 is 0 Å². The molecule has 9 nitrogen and oxygen atoms in total. The van der Waals surface area contributed by atoms with Crippen LogP contribution in [0.3, 0.4) is 0 Å². The van der Waals surface area contributed by atoms with E-state index in [1.165, 1.54) is 18.6 Å². The Morgan fingerprint density at radius 3 is 2.72 bits per heavy atom. The molecule has 3 saturated carbocycles. The molecule has 3 aliphatic carbocycles. The number of nitrogens with zero attached hydrogens (tertiary/aromatic N) is 7. The van der Waals surface area contributed by atoms with E-state index in [2.05, 4.69) is 26.1 Å². The number of fused-ring (bicyclic) bond motifs is 2. The first-order valence-corrected chi connectivity index (χ1v) is 10.7. The van der Waals surface area contributed by atoms with Crippen LogP contribution in [0.25, 0.3) is 0 Å². The summed E-state index contributed by atoms with van der Waals surface area (Å²) in [6.07, 6.45) is 11.3. The summed E-state index contributed by atoms with van der Waals surface area (Å²) in [5, 5.41) is 24.0. The number of amides is 1. The zero-order chi connectivity index (χ0) is 22.1. The van der Waals surface area contributed by atoms with Crippen molar-refractivity contribution >= 4 is 12.1 Å². The van der Waals surface area contributed by atoms with Gasteiger partial charge in [-0.15, -0.1) is 0 Å². The summed E-state index contributed by atoms with van der Waals surface area (Å²) in [5.41, 5.74) is 1.56. The van der Waals surface area contributed by atoms with Gasteiger partial charge in [-0.25, -0.2) is 15.0 Å². The van der Waals surface area contributed by atoms with Crippen molar-refractivity contribution in [2.24, 2.45) is 28.8 Å². The van der Waals surface area contributed by atoms with Crippen LogP contribution in [0.4, 0.5) is 0 Å². The number of pyridine rings is 1. The van der Waals surface area contributed by atoms with Crippen LogP contribution in [0.2, 0.25) is 0 Å². The van der Waals surface area contributed by atoms with E-state index in [1.54, 1.807) is 23.5 Å². The summed E-state index contributed by atoms with van der Waals surface area (Å²) in [4.78, 5) is 25.7. The Hall–Kier alpha value is -3.85. The van der Waals surface area contributed by atoms with E-state index in [4.69, 9.17) is 10.00 Å². The molecule has 3 heterocycles. The second-order valence-electron chi connectivity index (χ2n) is 8.61. The van der Waals surface area contributed by atoms with E-state index in [-0.39, 0.29) is 29.5 Å². The van der Waals surface area contributed by atoms with Gasteiger partial charge in [-0.1, -0.05) is 0 Å². The second-order valence-corrected chi connectivity index (χ2v) is 8.61. The van der Waals surface area contributed by atoms with Gasteiger partial charge in [-0.3, -0.25) is 9.78 Å². The average Bonchev–Trinajstić information content (AvgIpc) is 3.32. The first-order chi connectivity index (χ1) is 15.7. The average molecular weight is 427 g/mol. The highest BCUT2D eigenvalue weighted by molar-refractivity contribution is 5.82. The Balaban J connectivity index is 1.26. The third kappa shape index (κ3) is 3.67. The largest absolute Gasteiger partial charge is 0.476 e. The monoisotopic (exact) mass is 427 g/mol. The summed E-state index contributed by atoms with van der Waals surface area (Å²) in [5.74, 6) is 1.55. The molecule has 1 amide bonds. The predicted octanol–water partition coefficient (Wildman–Crippen LogP) is 2.62. The van der Waals surface area contributed by atoms with Gasteiger partial charge in [0.25, 0.3) is 0 Å². The Morgan fingerprint density at radius 1 is 1.09 bits per heavy atom. The number of nitriles is 2. The van der Waals surface area contributed by atoms with Gasteiger partial charge in [0, 0.05) is 30.9 Å². The highest BCUT2D eigenvalue weighted by atomic mass is 16.5. The molecule has 32 heavy (non-hydrogen) atoms. The summed E-state index contributed by atoms with van der Waals surface area (Å²) in [6, 6.07) is 5.60. The van der Waals surface area contributed by atoms with Crippen molar-refractivity contribution in [3.63, 3.8) is 0 Å². The summed E-state index contributed by atoms with van der Waals surface area (Å²) in [7, 11) is 0. The van der Waals surface area contributed by atoms with Gasteiger partial charge in [0.1, 0.15) is 12.1 Å². The molecule has 4 aliphatic rings. The summed E-state index contributed by atoms with van der Waals surface area (Å²) < 4.78 is 5.83. The molecule has 3 atom stereocenters. The standard InChI is InChI=1S/C23H21N7O2/c24-7-14-3-17(10-26-9-14)21-1-2-29-30(21)23(31)20-6-18(15-4-16(20)5-15)13-32-22-12-27-19(8-25)11-28-22/h2-3,9-12,15-16,18,20-21H,1,4-6,13H2/t15?,16?,18?,20-,21?/m0/s1.